The standard InChI is InChI=1S/C17H22O4/c1-9(2)12-5-6-13(17(19)20)15-8-16(21-11(4)18)10(3)7-14(12)15/h7-9,12-13H,5-6H2,1-4H3,(H,19,20)/t12-,13+/m1/s1. The van der Waals surface area contributed by atoms with E-state index in [4.69, 9.17) is 4.74 Å². The van der Waals surface area contributed by atoms with E-state index in [0.717, 1.165) is 23.1 Å². The zero-order valence-corrected chi connectivity index (χ0v) is 13.0. The lowest BCUT2D eigenvalue weighted by Crippen LogP contribution is -2.23. The van der Waals surface area contributed by atoms with Gasteiger partial charge in [-0.1, -0.05) is 19.9 Å². The Morgan fingerprint density at radius 1 is 1.24 bits per heavy atom. The molecule has 0 saturated carbocycles. The van der Waals surface area contributed by atoms with Gasteiger partial charge >= 0.3 is 11.9 Å². The number of fused-ring (bicyclic) bond motifs is 1. The van der Waals surface area contributed by atoms with Crippen molar-refractivity contribution in [2.24, 2.45) is 5.92 Å². The Balaban J connectivity index is 2.55. The average Bonchev–Trinajstić information content (AvgIpc) is 2.37. The number of aliphatic carboxylic acids is 1. The Bertz CT molecular complexity index is 574. The first kappa shape index (κ1) is 15.5. The maximum Gasteiger partial charge on any atom is 0.310 e. The topological polar surface area (TPSA) is 63.6 Å². The molecule has 4 heteroatoms. The molecule has 1 aromatic rings. The number of benzene rings is 1. The van der Waals surface area contributed by atoms with Gasteiger partial charge in [0.25, 0.3) is 0 Å². The van der Waals surface area contributed by atoms with Crippen LogP contribution in [0.4, 0.5) is 0 Å². The zero-order valence-electron chi connectivity index (χ0n) is 13.0. The molecule has 0 spiro atoms. The molecule has 0 fully saturated rings. The van der Waals surface area contributed by atoms with Crippen molar-refractivity contribution in [3.63, 3.8) is 0 Å². The lowest BCUT2D eigenvalue weighted by atomic mass is 9.72. The number of carboxylic acids is 1. The number of ether oxygens (including phenoxy) is 1. The number of carbonyl (C=O) groups is 2. The average molecular weight is 290 g/mol. The second-order valence-electron chi connectivity index (χ2n) is 6.16. The van der Waals surface area contributed by atoms with Gasteiger partial charge in [0.15, 0.2) is 0 Å². The molecule has 0 bridgehead atoms. The van der Waals surface area contributed by atoms with Gasteiger partial charge in [-0.3, -0.25) is 9.59 Å². The maximum absolute atomic E-state index is 11.5. The van der Waals surface area contributed by atoms with Crippen LogP contribution in [-0.4, -0.2) is 17.0 Å². The predicted octanol–water partition coefficient (Wildman–Crippen LogP) is 3.62. The highest BCUT2D eigenvalue weighted by Gasteiger charge is 2.33. The lowest BCUT2D eigenvalue weighted by molar-refractivity contribution is -0.139. The van der Waals surface area contributed by atoms with E-state index in [2.05, 4.69) is 13.8 Å². The number of aryl methyl sites for hydroxylation is 1. The van der Waals surface area contributed by atoms with Gasteiger partial charge in [0.1, 0.15) is 5.75 Å². The van der Waals surface area contributed by atoms with Crippen molar-refractivity contribution in [1.29, 1.82) is 0 Å². The zero-order chi connectivity index (χ0) is 15.7. The Labute approximate surface area is 125 Å². The van der Waals surface area contributed by atoms with Crippen molar-refractivity contribution in [2.45, 2.75) is 52.4 Å². The number of rotatable bonds is 3. The number of carboxylic acid groups (broad SMARTS) is 1. The largest absolute Gasteiger partial charge is 0.481 e. The van der Waals surface area contributed by atoms with Crippen LogP contribution < -0.4 is 4.74 Å². The molecule has 2 rings (SSSR count). The first-order valence-corrected chi connectivity index (χ1v) is 7.37. The minimum atomic E-state index is -0.809. The minimum absolute atomic E-state index is 0.362. The highest BCUT2D eigenvalue weighted by molar-refractivity contribution is 5.78. The first-order chi connectivity index (χ1) is 9.81. The number of hydrogen-bond donors (Lipinski definition) is 1. The fraction of sp³-hybridized carbons (Fsp3) is 0.529. The van der Waals surface area contributed by atoms with Gasteiger partial charge in [0.2, 0.25) is 0 Å². The normalized spacial score (nSPS) is 21.0. The van der Waals surface area contributed by atoms with Gasteiger partial charge in [-0.2, -0.15) is 0 Å². The van der Waals surface area contributed by atoms with E-state index < -0.39 is 11.9 Å². The van der Waals surface area contributed by atoms with E-state index in [0.29, 0.717) is 24.0 Å². The van der Waals surface area contributed by atoms with E-state index in [-0.39, 0.29) is 5.97 Å². The molecule has 2 atom stereocenters. The Kier molecular flexibility index (Phi) is 4.35. The van der Waals surface area contributed by atoms with Crippen LogP contribution in [0.2, 0.25) is 0 Å². The summed E-state index contributed by atoms with van der Waals surface area (Å²) < 4.78 is 5.20. The summed E-state index contributed by atoms with van der Waals surface area (Å²) in [7, 11) is 0. The van der Waals surface area contributed by atoms with Crippen molar-refractivity contribution in [3.05, 3.63) is 28.8 Å². The molecule has 0 unspecified atom stereocenters. The van der Waals surface area contributed by atoms with Gasteiger partial charge in [-0.05, 0) is 54.4 Å². The minimum Gasteiger partial charge on any atom is -0.481 e. The van der Waals surface area contributed by atoms with Crippen LogP contribution in [-0.2, 0) is 9.59 Å². The summed E-state index contributed by atoms with van der Waals surface area (Å²) in [6.45, 7) is 7.56. The molecule has 0 radical (unpaired) electrons. The van der Waals surface area contributed by atoms with Gasteiger partial charge < -0.3 is 9.84 Å². The van der Waals surface area contributed by atoms with E-state index in [9.17, 15) is 14.7 Å². The third kappa shape index (κ3) is 3.09. The van der Waals surface area contributed by atoms with Gasteiger partial charge in [-0.15, -0.1) is 0 Å². The van der Waals surface area contributed by atoms with Crippen molar-refractivity contribution < 1.29 is 19.4 Å². The van der Waals surface area contributed by atoms with E-state index in [1.54, 1.807) is 6.07 Å². The summed E-state index contributed by atoms with van der Waals surface area (Å²) in [5.74, 6) is -0.419. The summed E-state index contributed by atoms with van der Waals surface area (Å²) in [4.78, 5) is 22.7. The van der Waals surface area contributed by atoms with Crippen molar-refractivity contribution in [2.75, 3.05) is 0 Å². The summed E-state index contributed by atoms with van der Waals surface area (Å²) in [6.07, 6.45) is 1.52. The smallest absolute Gasteiger partial charge is 0.310 e. The van der Waals surface area contributed by atoms with Gasteiger partial charge in [0.05, 0.1) is 5.92 Å². The van der Waals surface area contributed by atoms with Crippen LogP contribution >= 0.6 is 0 Å². The van der Waals surface area contributed by atoms with Crippen molar-refractivity contribution in [1.82, 2.24) is 0 Å². The number of hydrogen-bond acceptors (Lipinski definition) is 3. The molecule has 0 amide bonds. The van der Waals surface area contributed by atoms with E-state index in [1.807, 2.05) is 13.0 Å². The summed E-state index contributed by atoms with van der Waals surface area (Å²) in [6, 6.07) is 3.74. The fourth-order valence-electron chi connectivity index (χ4n) is 3.22. The monoisotopic (exact) mass is 290 g/mol. The lowest BCUT2D eigenvalue weighted by Gasteiger charge is -2.32. The molecule has 4 nitrogen and oxygen atoms in total. The molecule has 0 aliphatic heterocycles. The van der Waals surface area contributed by atoms with Gasteiger partial charge in [-0.25, -0.2) is 0 Å². The quantitative estimate of drug-likeness (QED) is 0.682. The van der Waals surface area contributed by atoms with Crippen LogP contribution in [0.1, 0.15) is 62.1 Å². The predicted molar refractivity (Wildman–Crippen MR) is 79.7 cm³/mol. The van der Waals surface area contributed by atoms with Crippen LogP contribution in [0.5, 0.6) is 5.75 Å². The van der Waals surface area contributed by atoms with E-state index >= 15 is 0 Å². The van der Waals surface area contributed by atoms with Crippen LogP contribution in [0, 0.1) is 12.8 Å². The molecule has 21 heavy (non-hydrogen) atoms. The third-order valence-corrected chi connectivity index (χ3v) is 4.28. The molecule has 1 N–H and O–H groups in total. The Morgan fingerprint density at radius 3 is 2.43 bits per heavy atom. The third-order valence-electron chi connectivity index (χ3n) is 4.28. The first-order valence-electron chi connectivity index (χ1n) is 7.37. The van der Waals surface area contributed by atoms with E-state index in [1.165, 1.54) is 6.92 Å². The molecule has 0 saturated heterocycles. The molecule has 1 aliphatic rings. The molecule has 1 aromatic carbocycles. The van der Waals surface area contributed by atoms with Crippen molar-refractivity contribution >= 4 is 11.9 Å². The molecule has 0 aromatic heterocycles. The highest BCUT2D eigenvalue weighted by atomic mass is 16.5. The summed E-state index contributed by atoms with van der Waals surface area (Å²) in [5, 5.41) is 9.44. The second-order valence-corrected chi connectivity index (χ2v) is 6.16. The summed E-state index contributed by atoms with van der Waals surface area (Å²) in [5.41, 5.74) is 2.77. The summed E-state index contributed by atoms with van der Waals surface area (Å²) >= 11 is 0. The van der Waals surface area contributed by atoms with Crippen LogP contribution in [0.3, 0.4) is 0 Å². The number of carbonyl (C=O) groups excluding carboxylic acids is 1. The molecular formula is C17H22O4. The molecular weight excluding hydrogens is 268 g/mol. The number of esters is 1. The van der Waals surface area contributed by atoms with Crippen LogP contribution in [0.25, 0.3) is 0 Å². The second kappa shape index (κ2) is 5.88. The molecule has 0 heterocycles. The van der Waals surface area contributed by atoms with Crippen LogP contribution in [0.15, 0.2) is 12.1 Å². The molecule has 114 valence electrons. The molecule has 1 aliphatic carbocycles. The Morgan fingerprint density at radius 2 is 1.90 bits per heavy atom. The maximum atomic E-state index is 11.5. The SMILES string of the molecule is CC(=O)Oc1cc2c(cc1C)[C@@H](C(C)C)CC[C@@H]2C(=O)O. The highest BCUT2D eigenvalue weighted by Crippen LogP contribution is 2.44. The van der Waals surface area contributed by atoms with Crippen molar-refractivity contribution in [3.8, 4) is 5.75 Å². The van der Waals surface area contributed by atoms with Gasteiger partial charge in [0, 0.05) is 6.92 Å². The fourth-order valence-corrected chi connectivity index (χ4v) is 3.22. The Hall–Kier alpha value is -1.84.